The minimum Gasteiger partial charge on any atom is -0.324 e. The van der Waals surface area contributed by atoms with Crippen molar-refractivity contribution < 1.29 is 4.48 Å². The first kappa shape index (κ1) is 10.5. The van der Waals surface area contributed by atoms with Gasteiger partial charge in [0.25, 0.3) is 0 Å². The van der Waals surface area contributed by atoms with Crippen molar-refractivity contribution in [1.82, 2.24) is 0 Å². The highest BCUT2D eigenvalue weighted by atomic mass is 15.4. The molecule has 0 unspecified atom stereocenters. The highest BCUT2D eigenvalue weighted by Crippen LogP contribution is 2.29. The van der Waals surface area contributed by atoms with E-state index >= 15 is 0 Å². The molecule has 0 bridgehead atoms. The van der Waals surface area contributed by atoms with Gasteiger partial charge >= 0.3 is 0 Å². The van der Waals surface area contributed by atoms with Gasteiger partial charge in [-0.05, 0) is 19.8 Å². The van der Waals surface area contributed by atoms with Crippen LogP contribution in [0.5, 0.6) is 0 Å². The number of nitrogens with zero attached hydrogens (tertiary/aromatic N) is 1. The van der Waals surface area contributed by atoms with Gasteiger partial charge in [0, 0.05) is 18.8 Å². The van der Waals surface area contributed by atoms with E-state index in [4.69, 9.17) is 0 Å². The van der Waals surface area contributed by atoms with E-state index in [2.05, 4.69) is 6.92 Å². The van der Waals surface area contributed by atoms with Gasteiger partial charge in [-0.25, -0.2) is 0 Å². The lowest BCUT2D eigenvalue weighted by Crippen LogP contribution is -2.48. The molecular weight excluding hydrogens is 170 g/mol. The maximum Gasteiger partial charge on any atom is 0.0815 e. The predicted molar refractivity (Wildman–Crippen MR) is 61.2 cm³/mol. The summed E-state index contributed by atoms with van der Waals surface area (Å²) in [6, 6.07) is 0. The molecule has 0 N–H and O–H groups in total. The second-order valence-electron chi connectivity index (χ2n) is 5.50. The van der Waals surface area contributed by atoms with Crippen molar-refractivity contribution in [1.29, 1.82) is 0 Å². The van der Waals surface area contributed by atoms with Gasteiger partial charge in [0.1, 0.15) is 0 Å². The third-order valence-electron chi connectivity index (χ3n) is 4.56. The van der Waals surface area contributed by atoms with Crippen LogP contribution in [0.4, 0.5) is 0 Å². The Morgan fingerprint density at radius 3 is 2.14 bits per heavy atom. The van der Waals surface area contributed by atoms with Crippen LogP contribution in [-0.2, 0) is 0 Å². The van der Waals surface area contributed by atoms with Crippen molar-refractivity contribution in [3.05, 3.63) is 0 Å². The van der Waals surface area contributed by atoms with Gasteiger partial charge in [-0.2, -0.15) is 0 Å². The van der Waals surface area contributed by atoms with Crippen molar-refractivity contribution in [2.45, 2.75) is 51.9 Å². The number of hydrogen-bond acceptors (Lipinski definition) is 0. The summed E-state index contributed by atoms with van der Waals surface area (Å²) >= 11 is 0. The lowest BCUT2D eigenvalue weighted by Gasteiger charge is -2.37. The van der Waals surface area contributed by atoms with Crippen LogP contribution in [0.15, 0.2) is 0 Å². The molecule has 2 aliphatic rings. The quantitative estimate of drug-likeness (QED) is 0.608. The van der Waals surface area contributed by atoms with E-state index in [0.717, 1.165) is 5.92 Å². The summed E-state index contributed by atoms with van der Waals surface area (Å²) in [4.78, 5) is 0. The largest absolute Gasteiger partial charge is 0.324 e. The topological polar surface area (TPSA) is 0 Å². The third-order valence-corrected chi connectivity index (χ3v) is 4.56. The zero-order valence-corrected chi connectivity index (χ0v) is 9.80. The Labute approximate surface area is 89.1 Å². The fourth-order valence-corrected chi connectivity index (χ4v) is 3.55. The van der Waals surface area contributed by atoms with E-state index in [1.807, 2.05) is 0 Å². The van der Waals surface area contributed by atoms with Crippen molar-refractivity contribution in [3.63, 3.8) is 0 Å². The van der Waals surface area contributed by atoms with Crippen LogP contribution in [0.2, 0.25) is 0 Å². The van der Waals surface area contributed by atoms with Crippen molar-refractivity contribution in [2.75, 3.05) is 26.2 Å². The van der Waals surface area contributed by atoms with Crippen LogP contribution in [0.1, 0.15) is 51.9 Å². The number of hydrogen-bond donors (Lipinski definition) is 0. The Kier molecular flexibility index (Phi) is 3.48. The molecule has 1 saturated carbocycles. The molecule has 0 aromatic carbocycles. The summed E-state index contributed by atoms with van der Waals surface area (Å²) in [5, 5.41) is 0. The fraction of sp³-hybridized carbons (Fsp3) is 1.00. The van der Waals surface area contributed by atoms with Gasteiger partial charge in [-0.15, -0.1) is 0 Å². The van der Waals surface area contributed by atoms with Crippen molar-refractivity contribution in [3.8, 4) is 0 Å². The molecule has 0 radical (unpaired) electrons. The van der Waals surface area contributed by atoms with Crippen LogP contribution >= 0.6 is 0 Å². The molecule has 0 aromatic heterocycles. The summed E-state index contributed by atoms with van der Waals surface area (Å²) in [7, 11) is 0. The average molecular weight is 196 g/mol. The molecule has 1 nitrogen and oxygen atoms in total. The molecule has 1 heterocycles. The lowest BCUT2D eigenvalue weighted by atomic mass is 9.88. The SMILES string of the molecule is CC[N+]1(CC2CCCCC2)CCCC1. The highest BCUT2D eigenvalue weighted by Gasteiger charge is 2.33. The second-order valence-corrected chi connectivity index (χ2v) is 5.50. The average Bonchev–Trinajstić information content (AvgIpc) is 2.69. The van der Waals surface area contributed by atoms with Gasteiger partial charge in [-0.1, -0.05) is 19.3 Å². The first-order valence-electron chi connectivity index (χ1n) is 6.70. The first-order chi connectivity index (χ1) is 6.85. The van der Waals surface area contributed by atoms with Gasteiger partial charge in [0.05, 0.1) is 26.2 Å². The standard InChI is InChI=1S/C13H26N/c1-2-14(10-6-7-11-14)12-13-8-4-3-5-9-13/h13H,2-12H2,1H3/q+1. The van der Waals surface area contributed by atoms with E-state index in [0.29, 0.717) is 0 Å². The van der Waals surface area contributed by atoms with Gasteiger partial charge < -0.3 is 4.48 Å². The number of likely N-dealkylation sites (tertiary alicyclic amines) is 1. The molecule has 1 aliphatic heterocycles. The Morgan fingerprint density at radius 2 is 1.57 bits per heavy atom. The van der Waals surface area contributed by atoms with E-state index in [9.17, 15) is 0 Å². The van der Waals surface area contributed by atoms with Gasteiger partial charge in [-0.3, -0.25) is 0 Å². The maximum absolute atomic E-state index is 2.40. The predicted octanol–water partition coefficient (Wildman–Crippen LogP) is 3.20. The monoisotopic (exact) mass is 196 g/mol. The van der Waals surface area contributed by atoms with Crippen LogP contribution in [0, 0.1) is 5.92 Å². The summed E-state index contributed by atoms with van der Waals surface area (Å²) in [5.41, 5.74) is 0. The smallest absolute Gasteiger partial charge is 0.0815 e. The molecular formula is C13H26N+. The van der Waals surface area contributed by atoms with E-state index in [-0.39, 0.29) is 0 Å². The van der Waals surface area contributed by atoms with Gasteiger partial charge in [0.2, 0.25) is 0 Å². The molecule has 14 heavy (non-hydrogen) atoms. The Morgan fingerprint density at radius 1 is 0.929 bits per heavy atom. The molecule has 0 amide bonds. The molecule has 2 rings (SSSR count). The fourth-order valence-electron chi connectivity index (χ4n) is 3.55. The zero-order chi connectivity index (χ0) is 9.86. The minimum absolute atomic E-state index is 1.07. The highest BCUT2D eigenvalue weighted by molar-refractivity contribution is 4.67. The Balaban J connectivity index is 1.86. The van der Waals surface area contributed by atoms with Crippen LogP contribution < -0.4 is 0 Å². The molecule has 82 valence electrons. The number of quaternary nitrogens is 1. The summed E-state index contributed by atoms with van der Waals surface area (Å²) in [5.74, 6) is 1.07. The van der Waals surface area contributed by atoms with E-state index in [1.54, 1.807) is 0 Å². The second kappa shape index (κ2) is 4.65. The van der Waals surface area contributed by atoms with Gasteiger partial charge in [0.15, 0.2) is 0 Å². The maximum atomic E-state index is 2.40. The van der Waals surface area contributed by atoms with E-state index in [1.165, 1.54) is 75.6 Å². The minimum atomic E-state index is 1.07. The van der Waals surface area contributed by atoms with Crippen molar-refractivity contribution >= 4 is 0 Å². The third kappa shape index (κ3) is 2.31. The summed E-state index contributed by atoms with van der Waals surface area (Å²) in [6.45, 7) is 8.25. The summed E-state index contributed by atoms with van der Waals surface area (Å²) in [6.07, 6.45) is 10.5. The Bertz CT molecular complexity index is 164. The molecule has 2 fully saturated rings. The lowest BCUT2D eigenvalue weighted by molar-refractivity contribution is -0.918. The first-order valence-corrected chi connectivity index (χ1v) is 6.70. The molecule has 1 saturated heterocycles. The van der Waals surface area contributed by atoms with Crippen LogP contribution in [0.3, 0.4) is 0 Å². The van der Waals surface area contributed by atoms with Crippen LogP contribution in [0.25, 0.3) is 0 Å². The molecule has 0 atom stereocenters. The van der Waals surface area contributed by atoms with Crippen molar-refractivity contribution in [2.24, 2.45) is 5.92 Å². The van der Waals surface area contributed by atoms with E-state index < -0.39 is 0 Å². The summed E-state index contributed by atoms with van der Waals surface area (Å²) < 4.78 is 1.46. The molecule has 1 heteroatoms. The molecule has 1 aliphatic carbocycles. The normalized spacial score (nSPS) is 28.1. The Hall–Kier alpha value is -0.0400. The molecule has 0 aromatic rings. The van der Waals surface area contributed by atoms with Crippen LogP contribution in [-0.4, -0.2) is 30.7 Å². The number of rotatable bonds is 3. The molecule has 0 spiro atoms. The zero-order valence-electron chi connectivity index (χ0n) is 9.80.